The minimum absolute atomic E-state index is 0.0125. The van der Waals surface area contributed by atoms with Gasteiger partial charge in [0.2, 0.25) is 0 Å². The first-order chi connectivity index (χ1) is 7.65. The third-order valence-corrected chi connectivity index (χ3v) is 2.00. The third-order valence-electron chi connectivity index (χ3n) is 2.00. The molecule has 0 amide bonds. The summed E-state index contributed by atoms with van der Waals surface area (Å²) < 4.78 is 0. The van der Waals surface area contributed by atoms with Crippen LogP contribution in [0.3, 0.4) is 0 Å². The molecule has 0 aromatic heterocycles. The van der Waals surface area contributed by atoms with Crippen LogP contribution in [-0.4, -0.2) is 11.2 Å². The lowest BCUT2D eigenvalue weighted by Gasteiger charge is -2.03. The van der Waals surface area contributed by atoms with Crippen molar-refractivity contribution in [2.45, 2.75) is 6.42 Å². The topological polar surface area (TPSA) is 108 Å². The van der Waals surface area contributed by atoms with E-state index in [0.29, 0.717) is 6.29 Å². The van der Waals surface area contributed by atoms with Gasteiger partial charge in [0.15, 0.2) is 6.29 Å². The number of aldehydes is 1. The van der Waals surface area contributed by atoms with E-state index in [1.807, 2.05) is 0 Å². The van der Waals surface area contributed by atoms with Crippen molar-refractivity contribution in [3.8, 4) is 12.1 Å². The highest BCUT2D eigenvalue weighted by atomic mass is 16.6. The Balaban J connectivity index is 3.62. The van der Waals surface area contributed by atoms with E-state index >= 15 is 0 Å². The first kappa shape index (κ1) is 11.3. The number of carbonyl (C=O) groups is 1. The summed E-state index contributed by atoms with van der Waals surface area (Å²) in [5, 5.41) is 28.0. The van der Waals surface area contributed by atoms with Gasteiger partial charge in [0, 0.05) is 5.56 Å². The van der Waals surface area contributed by atoms with E-state index in [9.17, 15) is 14.9 Å². The van der Waals surface area contributed by atoms with Gasteiger partial charge in [0.1, 0.15) is 11.6 Å². The van der Waals surface area contributed by atoms with Crippen molar-refractivity contribution in [2.24, 2.45) is 0 Å². The highest BCUT2D eigenvalue weighted by Crippen LogP contribution is 2.26. The van der Waals surface area contributed by atoms with Crippen LogP contribution in [0.4, 0.5) is 5.69 Å². The zero-order valence-corrected chi connectivity index (χ0v) is 8.01. The smallest absolute Gasteiger partial charge is 0.291 e. The van der Waals surface area contributed by atoms with Crippen LogP contribution in [0.2, 0.25) is 0 Å². The Hall–Kier alpha value is -2.73. The second kappa shape index (κ2) is 4.67. The van der Waals surface area contributed by atoms with Gasteiger partial charge < -0.3 is 0 Å². The second-order valence-electron chi connectivity index (χ2n) is 2.85. The van der Waals surface area contributed by atoms with E-state index in [1.165, 1.54) is 12.1 Å². The molecule has 6 nitrogen and oxygen atoms in total. The summed E-state index contributed by atoms with van der Waals surface area (Å²) in [7, 11) is 0. The minimum atomic E-state index is -0.752. The highest BCUT2D eigenvalue weighted by Gasteiger charge is 2.22. The summed E-state index contributed by atoms with van der Waals surface area (Å²) in [6.45, 7) is 0. The summed E-state index contributed by atoms with van der Waals surface area (Å²) in [4.78, 5) is 20.7. The molecule has 0 atom stereocenters. The molecule has 16 heavy (non-hydrogen) atoms. The number of hydrogen-bond donors (Lipinski definition) is 0. The quantitative estimate of drug-likeness (QED) is 0.429. The molecule has 0 bridgehead atoms. The first-order valence-electron chi connectivity index (χ1n) is 4.18. The molecule has 6 heteroatoms. The van der Waals surface area contributed by atoms with Crippen LogP contribution in [0.1, 0.15) is 21.5 Å². The number of rotatable bonds is 3. The minimum Gasteiger partial charge on any atom is -0.298 e. The maximum Gasteiger partial charge on any atom is 0.291 e. The van der Waals surface area contributed by atoms with Crippen molar-refractivity contribution in [1.82, 2.24) is 0 Å². The molecule has 1 aromatic carbocycles. The Morgan fingerprint density at radius 2 is 2.12 bits per heavy atom. The Labute approximate surface area is 90.5 Å². The molecule has 0 N–H and O–H groups in total. The number of carbonyl (C=O) groups excluding carboxylic acids is 1. The van der Waals surface area contributed by atoms with Gasteiger partial charge in [-0.25, -0.2) is 0 Å². The maximum atomic E-state index is 10.8. The SMILES string of the molecule is N#CCc1c(C=O)ccc(C#N)c1[N+](=O)[O-]. The summed E-state index contributed by atoms with van der Waals surface area (Å²) in [6, 6.07) is 5.89. The molecule has 1 aromatic rings. The molecule has 0 aliphatic rings. The molecule has 0 saturated carbocycles. The standard InChI is InChI=1S/C10H5N3O3/c11-4-3-9-8(6-14)2-1-7(5-12)10(9)13(15)16/h1-2,6H,3H2. The van der Waals surface area contributed by atoms with Gasteiger partial charge in [-0.15, -0.1) is 0 Å². The fourth-order valence-corrected chi connectivity index (χ4v) is 1.33. The van der Waals surface area contributed by atoms with Gasteiger partial charge >= 0.3 is 0 Å². The summed E-state index contributed by atoms with van der Waals surface area (Å²) in [6.07, 6.45) is 0.154. The second-order valence-corrected chi connectivity index (χ2v) is 2.85. The molecule has 0 aliphatic heterocycles. The zero-order chi connectivity index (χ0) is 12.1. The molecule has 0 fully saturated rings. The Morgan fingerprint density at radius 3 is 2.56 bits per heavy atom. The van der Waals surface area contributed by atoms with Crippen LogP contribution in [0.25, 0.3) is 0 Å². The monoisotopic (exact) mass is 215 g/mol. The van der Waals surface area contributed by atoms with Crippen LogP contribution in [0.5, 0.6) is 0 Å². The average molecular weight is 215 g/mol. The van der Waals surface area contributed by atoms with Crippen LogP contribution >= 0.6 is 0 Å². The van der Waals surface area contributed by atoms with E-state index in [-0.39, 0.29) is 23.1 Å². The number of nitro groups is 1. The van der Waals surface area contributed by atoms with Crippen molar-refractivity contribution in [2.75, 3.05) is 0 Å². The fraction of sp³-hybridized carbons (Fsp3) is 0.100. The molecule has 0 saturated heterocycles. The zero-order valence-electron chi connectivity index (χ0n) is 8.01. The Bertz CT molecular complexity index is 537. The van der Waals surface area contributed by atoms with Gasteiger partial charge in [-0.2, -0.15) is 10.5 Å². The summed E-state index contributed by atoms with van der Waals surface area (Å²) >= 11 is 0. The Kier molecular flexibility index (Phi) is 3.31. The van der Waals surface area contributed by atoms with Gasteiger partial charge in [-0.3, -0.25) is 14.9 Å². The van der Waals surface area contributed by atoms with Crippen molar-refractivity contribution >= 4 is 12.0 Å². The van der Waals surface area contributed by atoms with Gasteiger partial charge in [-0.1, -0.05) is 0 Å². The van der Waals surface area contributed by atoms with Crippen LogP contribution in [-0.2, 0) is 6.42 Å². The van der Waals surface area contributed by atoms with E-state index in [1.54, 1.807) is 12.1 Å². The fourth-order valence-electron chi connectivity index (χ4n) is 1.33. The molecule has 0 unspecified atom stereocenters. The predicted molar refractivity (Wildman–Crippen MR) is 52.5 cm³/mol. The van der Waals surface area contributed by atoms with Crippen molar-refractivity contribution in [3.05, 3.63) is 38.9 Å². The predicted octanol–water partition coefficient (Wildman–Crippen LogP) is 1.35. The lowest BCUT2D eigenvalue weighted by atomic mass is 10.00. The summed E-state index contributed by atoms with van der Waals surface area (Å²) in [5.41, 5.74) is -0.566. The van der Waals surface area contributed by atoms with Gasteiger partial charge in [0.25, 0.3) is 5.69 Å². The molecule has 78 valence electrons. The van der Waals surface area contributed by atoms with Crippen molar-refractivity contribution in [1.29, 1.82) is 10.5 Å². The molecule has 1 rings (SSSR count). The van der Waals surface area contributed by atoms with Crippen LogP contribution in [0.15, 0.2) is 12.1 Å². The maximum absolute atomic E-state index is 10.8. The van der Waals surface area contributed by atoms with Crippen molar-refractivity contribution in [3.63, 3.8) is 0 Å². The third kappa shape index (κ3) is 1.86. The van der Waals surface area contributed by atoms with Crippen LogP contribution in [0, 0.1) is 32.8 Å². The number of hydrogen-bond acceptors (Lipinski definition) is 5. The number of nitro benzene ring substituents is 1. The molecule has 0 radical (unpaired) electrons. The number of benzene rings is 1. The van der Waals surface area contributed by atoms with Gasteiger partial charge in [0.05, 0.1) is 23.0 Å². The molecule has 0 heterocycles. The molecular formula is C10H5N3O3. The number of nitrogens with zero attached hydrogens (tertiary/aromatic N) is 3. The largest absolute Gasteiger partial charge is 0.298 e. The van der Waals surface area contributed by atoms with E-state index in [2.05, 4.69) is 0 Å². The first-order valence-corrected chi connectivity index (χ1v) is 4.18. The van der Waals surface area contributed by atoms with Crippen LogP contribution < -0.4 is 0 Å². The van der Waals surface area contributed by atoms with E-state index in [0.717, 1.165) is 0 Å². The Morgan fingerprint density at radius 1 is 1.44 bits per heavy atom. The van der Waals surface area contributed by atoms with Gasteiger partial charge in [-0.05, 0) is 12.1 Å². The lowest BCUT2D eigenvalue weighted by Crippen LogP contribution is -2.02. The number of nitriles is 2. The molecule has 0 spiro atoms. The molecule has 0 aliphatic carbocycles. The lowest BCUT2D eigenvalue weighted by molar-refractivity contribution is -0.385. The van der Waals surface area contributed by atoms with E-state index < -0.39 is 10.6 Å². The van der Waals surface area contributed by atoms with E-state index in [4.69, 9.17) is 10.5 Å². The van der Waals surface area contributed by atoms with Crippen molar-refractivity contribution < 1.29 is 9.72 Å². The normalized spacial score (nSPS) is 8.88. The molecular weight excluding hydrogens is 210 g/mol. The average Bonchev–Trinajstić information content (AvgIpc) is 2.28. The highest BCUT2D eigenvalue weighted by molar-refractivity contribution is 5.81. The summed E-state index contributed by atoms with van der Waals surface area (Å²) in [5.74, 6) is 0.